The maximum atomic E-state index is 13.7. The predicted octanol–water partition coefficient (Wildman–Crippen LogP) is 3.35. The Morgan fingerprint density at radius 2 is 1.90 bits per heavy atom. The number of rotatable bonds is 3. The SMILES string of the molecule is CS(=O)(=O)c1cccc(Nc2c(F)cc(F)cc2Cl)c1N. The van der Waals surface area contributed by atoms with E-state index in [4.69, 9.17) is 17.3 Å². The number of nitrogens with two attached hydrogens (primary N) is 1. The Hall–Kier alpha value is -1.86. The van der Waals surface area contributed by atoms with Gasteiger partial charge >= 0.3 is 0 Å². The topological polar surface area (TPSA) is 72.2 Å². The highest BCUT2D eigenvalue weighted by molar-refractivity contribution is 7.90. The fraction of sp³-hybridized carbons (Fsp3) is 0.0769. The normalized spacial score (nSPS) is 11.4. The zero-order valence-electron chi connectivity index (χ0n) is 10.8. The van der Waals surface area contributed by atoms with E-state index < -0.39 is 21.5 Å². The van der Waals surface area contributed by atoms with Crippen LogP contribution in [0.1, 0.15) is 0 Å². The summed E-state index contributed by atoms with van der Waals surface area (Å²) in [6.07, 6.45) is 1.01. The quantitative estimate of drug-likeness (QED) is 0.845. The highest BCUT2D eigenvalue weighted by Crippen LogP contribution is 2.33. The first-order valence-electron chi connectivity index (χ1n) is 5.70. The van der Waals surface area contributed by atoms with E-state index in [-0.39, 0.29) is 27.0 Å². The Bertz CT molecular complexity index is 787. The number of nitrogens with one attached hydrogen (secondary N) is 1. The van der Waals surface area contributed by atoms with E-state index in [1.54, 1.807) is 0 Å². The molecule has 0 fully saturated rings. The summed E-state index contributed by atoms with van der Waals surface area (Å²) in [6.45, 7) is 0. The van der Waals surface area contributed by atoms with Crippen molar-refractivity contribution in [2.45, 2.75) is 4.90 Å². The molecule has 2 rings (SSSR count). The van der Waals surface area contributed by atoms with Gasteiger partial charge in [-0.25, -0.2) is 17.2 Å². The van der Waals surface area contributed by atoms with Crippen molar-refractivity contribution in [1.82, 2.24) is 0 Å². The molecule has 0 aliphatic carbocycles. The van der Waals surface area contributed by atoms with Crippen LogP contribution in [0.3, 0.4) is 0 Å². The van der Waals surface area contributed by atoms with Crippen LogP contribution in [-0.2, 0) is 9.84 Å². The molecule has 0 heterocycles. The van der Waals surface area contributed by atoms with Crippen LogP contribution in [0.2, 0.25) is 5.02 Å². The fourth-order valence-corrected chi connectivity index (χ4v) is 2.85. The minimum Gasteiger partial charge on any atom is -0.396 e. The molecule has 0 aliphatic heterocycles. The minimum atomic E-state index is -3.53. The van der Waals surface area contributed by atoms with Gasteiger partial charge in [0.25, 0.3) is 0 Å². The molecule has 2 aromatic rings. The van der Waals surface area contributed by atoms with Crippen molar-refractivity contribution in [1.29, 1.82) is 0 Å². The summed E-state index contributed by atoms with van der Waals surface area (Å²) in [6, 6.07) is 5.83. The molecule has 2 aromatic carbocycles. The molecule has 8 heteroatoms. The first kappa shape index (κ1) is 15.5. The van der Waals surface area contributed by atoms with Gasteiger partial charge in [-0.05, 0) is 18.2 Å². The molecular formula is C13H11ClF2N2O2S. The van der Waals surface area contributed by atoms with Crippen LogP contribution in [0.15, 0.2) is 35.2 Å². The van der Waals surface area contributed by atoms with Gasteiger partial charge in [-0.1, -0.05) is 17.7 Å². The average Bonchev–Trinajstić information content (AvgIpc) is 2.33. The lowest BCUT2D eigenvalue weighted by atomic mass is 10.2. The highest BCUT2D eigenvalue weighted by atomic mass is 35.5. The predicted molar refractivity (Wildman–Crippen MR) is 78.6 cm³/mol. The van der Waals surface area contributed by atoms with E-state index in [2.05, 4.69) is 5.32 Å². The molecule has 0 atom stereocenters. The zero-order valence-corrected chi connectivity index (χ0v) is 12.4. The third-order valence-electron chi connectivity index (χ3n) is 2.73. The van der Waals surface area contributed by atoms with E-state index in [0.717, 1.165) is 12.3 Å². The molecular weight excluding hydrogens is 322 g/mol. The van der Waals surface area contributed by atoms with E-state index in [1.165, 1.54) is 18.2 Å². The molecule has 0 unspecified atom stereocenters. The second kappa shape index (κ2) is 5.50. The Balaban J connectivity index is 2.51. The number of anilines is 3. The summed E-state index contributed by atoms with van der Waals surface area (Å²) < 4.78 is 49.9. The molecule has 0 aliphatic rings. The fourth-order valence-electron chi connectivity index (χ4n) is 1.77. The number of para-hydroxylation sites is 1. The van der Waals surface area contributed by atoms with Crippen LogP contribution in [0.4, 0.5) is 25.8 Å². The van der Waals surface area contributed by atoms with Gasteiger partial charge in [0.1, 0.15) is 5.82 Å². The highest BCUT2D eigenvalue weighted by Gasteiger charge is 2.16. The lowest BCUT2D eigenvalue weighted by Crippen LogP contribution is -2.06. The van der Waals surface area contributed by atoms with Gasteiger partial charge < -0.3 is 11.1 Å². The monoisotopic (exact) mass is 332 g/mol. The number of nitrogen functional groups attached to an aromatic ring is 1. The lowest BCUT2D eigenvalue weighted by molar-refractivity contribution is 0.586. The van der Waals surface area contributed by atoms with Gasteiger partial charge in [0, 0.05) is 12.3 Å². The molecule has 0 amide bonds. The van der Waals surface area contributed by atoms with Crippen LogP contribution in [0.5, 0.6) is 0 Å². The van der Waals surface area contributed by atoms with Crippen LogP contribution in [0, 0.1) is 11.6 Å². The van der Waals surface area contributed by atoms with E-state index in [1.807, 2.05) is 0 Å². The standard InChI is InChI=1S/C13H11ClF2N2O2S/c1-21(19,20)11-4-2-3-10(12(11)17)18-13-8(14)5-7(15)6-9(13)16/h2-6,18H,17H2,1H3. The zero-order chi connectivity index (χ0) is 15.8. The summed E-state index contributed by atoms with van der Waals surface area (Å²) in [5, 5.41) is 2.40. The maximum absolute atomic E-state index is 13.7. The number of sulfone groups is 1. The van der Waals surface area contributed by atoms with Crippen LogP contribution >= 0.6 is 11.6 Å². The molecule has 0 saturated heterocycles. The van der Waals surface area contributed by atoms with Gasteiger partial charge in [-0.3, -0.25) is 0 Å². The van der Waals surface area contributed by atoms with E-state index in [9.17, 15) is 17.2 Å². The molecule has 0 saturated carbocycles. The summed E-state index contributed by atoms with van der Waals surface area (Å²) in [5.41, 5.74) is 5.67. The van der Waals surface area contributed by atoms with Gasteiger partial charge in [0.05, 0.1) is 27.0 Å². The summed E-state index contributed by atoms with van der Waals surface area (Å²) in [7, 11) is -3.53. The van der Waals surface area contributed by atoms with Crippen molar-refractivity contribution in [3.8, 4) is 0 Å². The number of hydrogen-bond acceptors (Lipinski definition) is 4. The largest absolute Gasteiger partial charge is 0.396 e. The molecule has 0 radical (unpaired) electrons. The number of benzene rings is 2. The molecule has 3 N–H and O–H groups in total. The molecule has 0 bridgehead atoms. The maximum Gasteiger partial charge on any atom is 0.177 e. The third kappa shape index (κ3) is 3.25. The van der Waals surface area contributed by atoms with Gasteiger partial charge in [-0.15, -0.1) is 0 Å². The van der Waals surface area contributed by atoms with Crippen molar-refractivity contribution in [3.05, 3.63) is 47.0 Å². The van der Waals surface area contributed by atoms with Crippen molar-refractivity contribution in [2.75, 3.05) is 17.3 Å². The minimum absolute atomic E-state index is 0.0696. The van der Waals surface area contributed by atoms with Crippen molar-refractivity contribution in [2.24, 2.45) is 0 Å². The van der Waals surface area contributed by atoms with Crippen molar-refractivity contribution < 1.29 is 17.2 Å². The second-order valence-corrected chi connectivity index (χ2v) is 6.75. The Morgan fingerprint density at radius 1 is 1.24 bits per heavy atom. The lowest BCUT2D eigenvalue weighted by Gasteiger charge is -2.14. The van der Waals surface area contributed by atoms with Crippen molar-refractivity contribution in [3.63, 3.8) is 0 Å². The summed E-state index contributed by atoms with van der Waals surface area (Å²) >= 11 is 5.77. The van der Waals surface area contributed by atoms with E-state index in [0.29, 0.717) is 6.07 Å². The first-order valence-corrected chi connectivity index (χ1v) is 7.97. The first-order chi connectivity index (χ1) is 9.70. The third-order valence-corrected chi connectivity index (χ3v) is 4.19. The Morgan fingerprint density at radius 3 is 2.48 bits per heavy atom. The Kier molecular flexibility index (Phi) is 4.06. The van der Waals surface area contributed by atoms with Gasteiger partial charge in [-0.2, -0.15) is 0 Å². The van der Waals surface area contributed by atoms with E-state index >= 15 is 0 Å². The van der Waals surface area contributed by atoms with Crippen LogP contribution in [-0.4, -0.2) is 14.7 Å². The van der Waals surface area contributed by atoms with Crippen LogP contribution < -0.4 is 11.1 Å². The summed E-state index contributed by atoms with van der Waals surface area (Å²) in [5.74, 6) is -1.73. The Labute approximate surface area is 125 Å². The van der Waals surface area contributed by atoms with Gasteiger partial charge in [0.2, 0.25) is 0 Å². The molecule has 0 spiro atoms. The smallest absolute Gasteiger partial charge is 0.177 e. The average molecular weight is 333 g/mol. The molecule has 21 heavy (non-hydrogen) atoms. The second-order valence-electron chi connectivity index (χ2n) is 4.36. The molecule has 112 valence electrons. The number of hydrogen-bond donors (Lipinski definition) is 2. The number of halogens is 3. The van der Waals surface area contributed by atoms with Gasteiger partial charge in [0.15, 0.2) is 15.7 Å². The van der Waals surface area contributed by atoms with Crippen LogP contribution in [0.25, 0.3) is 0 Å². The van der Waals surface area contributed by atoms with Crippen molar-refractivity contribution >= 4 is 38.5 Å². The summed E-state index contributed by atoms with van der Waals surface area (Å²) in [4.78, 5) is -0.0915. The molecule has 0 aromatic heterocycles. The molecule has 4 nitrogen and oxygen atoms in total.